The summed E-state index contributed by atoms with van der Waals surface area (Å²) in [5.41, 5.74) is 0.256. The summed E-state index contributed by atoms with van der Waals surface area (Å²) in [7, 11) is 4.32. The normalized spacial score (nSPS) is 28.3. The lowest BCUT2D eigenvalue weighted by Gasteiger charge is -2.48. The molecule has 0 aromatic rings. The highest BCUT2D eigenvalue weighted by molar-refractivity contribution is 4.94. The van der Waals surface area contributed by atoms with Gasteiger partial charge in [-0.05, 0) is 41.3 Å². The van der Waals surface area contributed by atoms with Crippen LogP contribution in [0.3, 0.4) is 0 Å². The molecule has 1 heterocycles. The van der Waals surface area contributed by atoms with Crippen molar-refractivity contribution in [1.82, 2.24) is 15.1 Å². The van der Waals surface area contributed by atoms with Crippen LogP contribution in [-0.4, -0.2) is 61.2 Å². The lowest BCUT2D eigenvalue weighted by Crippen LogP contribution is -2.65. The molecule has 0 aromatic heterocycles. The van der Waals surface area contributed by atoms with Gasteiger partial charge in [-0.1, -0.05) is 6.92 Å². The monoisotopic (exact) mass is 227 g/mol. The van der Waals surface area contributed by atoms with E-state index in [1.165, 1.54) is 6.42 Å². The van der Waals surface area contributed by atoms with Gasteiger partial charge >= 0.3 is 0 Å². The van der Waals surface area contributed by atoms with Crippen LogP contribution in [0, 0.1) is 0 Å². The number of piperazine rings is 1. The Bertz CT molecular complexity index is 213. The molecule has 0 bridgehead atoms. The summed E-state index contributed by atoms with van der Waals surface area (Å²) in [6.45, 7) is 12.6. The molecule has 0 saturated carbocycles. The third-order valence-corrected chi connectivity index (χ3v) is 3.60. The second kappa shape index (κ2) is 5.48. The van der Waals surface area contributed by atoms with Crippen LogP contribution in [0.4, 0.5) is 0 Å². The Labute approximate surface area is 101 Å². The molecule has 3 nitrogen and oxygen atoms in total. The number of hydrogen-bond acceptors (Lipinski definition) is 3. The van der Waals surface area contributed by atoms with Gasteiger partial charge in [-0.15, -0.1) is 0 Å². The van der Waals surface area contributed by atoms with Gasteiger partial charge in [0.25, 0.3) is 0 Å². The van der Waals surface area contributed by atoms with E-state index in [1.54, 1.807) is 0 Å². The molecular formula is C13H29N3. The van der Waals surface area contributed by atoms with Crippen molar-refractivity contribution < 1.29 is 0 Å². The Balaban J connectivity index is 2.68. The number of nitrogens with one attached hydrogen (secondary N) is 1. The zero-order valence-corrected chi connectivity index (χ0v) is 11.9. The van der Waals surface area contributed by atoms with Crippen molar-refractivity contribution in [3.05, 3.63) is 0 Å². The van der Waals surface area contributed by atoms with E-state index in [9.17, 15) is 0 Å². The highest BCUT2D eigenvalue weighted by Gasteiger charge is 2.34. The van der Waals surface area contributed by atoms with Crippen LogP contribution in [0.2, 0.25) is 0 Å². The van der Waals surface area contributed by atoms with Crippen LogP contribution < -0.4 is 5.32 Å². The molecule has 1 fully saturated rings. The highest BCUT2D eigenvalue weighted by Crippen LogP contribution is 2.19. The molecule has 1 saturated heterocycles. The SMILES string of the molecule is CCC(C)N1CC(C)(C)NCC1CN(C)C. The molecule has 1 aliphatic heterocycles. The fourth-order valence-corrected chi connectivity index (χ4v) is 2.49. The molecule has 3 heteroatoms. The molecule has 1 rings (SSSR count). The Morgan fingerprint density at radius 2 is 2.06 bits per heavy atom. The fourth-order valence-electron chi connectivity index (χ4n) is 2.49. The van der Waals surface area contributed by atoms with Gasteiger partial charge in [0.1, 0.15) is 0 Å². The van der Waals surface area contributed by atoms with E-state index < -0.39 is 0 Å². The maximum atomic E-state index is 3.65. The average molecular weight is 227 g/mol. The lowest BCUT2D eigenvalue weighted by atomic mass is 9.96. The van der Waals surface area contributed by atoms with E-state index in [1.807, 2.05) is 0 Å². The van der Waals surface area contributed by atoms with Gasteiger partial charge in [0.2, 0.25) is 0 Å². The molecule has 1 N–H and O–H groups in total. The van der Waals surface area contributed by atoms with Gasteiger partial charge in [0, 0.05) is 37.3 Å². The molecule has 16 heavy (non-hydrogen) atoms. The summed E-state index contributed by atoms with van der Waals surface area (Å²) in [6, 6.07) is 1.34. The highest BCUT2D eigenvalue weighted by atomic mass is 15.3. The van der Waals surface area contributed by atoms with E-state index >= 15 is 0 Å². The van der Waals surface area contributed by atoms with E-state index in [0.717, 1.165) is 19.6 Å². The molecule has 0 spiro atoms. The van der Waals surface area contributed by atoms with Gasteiger partial charge in [0.15, 0.2) is 0 Å². The fraction of sp³-hybridized carbons (Fsp3) is 1.00. The largest absolute Gasteiger partial charge is 0.309 e. The van der Waals surface area contributed by atoms with Gasteiger partial charge in [-0.3, -0.25) is 4.90 Å². The third kappa shape index (κ3) is 3.72. The zero-order chi connectivity index (χ0) is 12.3. The summed E-state index contributed by atoms with van der Waals surface area (Å²) in [5, 5.41) is 3.65. The first-order valence-corrected chi connectivity index (χ1v) is 6.51. The second-order valence-corrected chi connectivity index (χ2v) is 6.11. The predicted molar refractivity (Wildman–Crippen MR) is 70.9 cm³/mol. The molecule has 0 aromatic carbocycles. The number of rotatable bonds is 4. The summed E-state index contributed by atoms with van der Waals surface area (Å²) in [6.07, 6.45) is 1.24. The minimum absolute atomic E-state index is 0.256. The summed E-state index contributed by atoms with van der Waals surface area (Å²) >= 11 is 0. The van der Waals surface area contributed by atoms with Crippen molar-refractivity contribution in [2.75, 3.05) is 33.7 Å². The summed E-state index contributed by atoms with van der Waals surface area (Å²) in [4.78, 5) is 4.97. The van der Waals surface area contributed by atoms with Gasteiger partial charge in [-0.2, -0.15) is 0 Å². The molecule has 96 valence electrons. The molecule has 0 radical (unpaired) electrons. The quantitative estimate of drug-likeness (QED) is 0.783. The van der Waals surface area contributed by atoms with Crippen molar-refractivity contribution in [3.63, 3.8) is 0 Å². The van der Waals surface area contributed by atoms with Crippen LogP contribution >= 0.6 is 0 Å². The van der Waals surface area contributed by atoms with Crippen molar-refractivity contribution >= 4 is 0 Å². The third-order valence-electron chi connectivity index (χ3n) is 3.60. The van der Waals surface area contributed by atoms with Crippen molar-refractivity contribution in [1.29, 1.82) is 0 Å². The number of likely N-dealkylation sites (N-methyl/N-ethyl adjacent to an activating group) is 1. The van der Waals surface area contributed by atoms with Crippen LogP contribution in [0.15, 0.2) is 0 Å². The van der Waals surface area contributed by atoms with Gasteiger partial charge in [0.05, 0.1) is 0 Å². The Morgan fingerprint density at radius 3 is 2.56 bits per heavy atom. The van der Waals surface area contributed by atoms with E-state index in [-0.39, 0.29) is 5.54 Å². The molecular weight excluding hydrogens is 198 g/mol. The Hall–Kier alpha value is -0.120. The lowest BCUT2D eigenvalue weighted by molar-refractivity contribution is 0.0459. The van der Waals surface area contributed by atoms with Crippen LogP contribution in [0.1, 0.15) is 34.1 Å². The minimum atomic E-state index is 0.256. The zero-order valence-electron chi connectivity index (χ0n) is 11.9. The summed E-state index contributed by atoms with van der Waals surface area (Å²) < 4.78 is 0. The van der Waals surface area contributed by atoms with Gasteiger partial charge < -0.3 is 10.2 Å². The Kier molecular flexibility index (Phi) is 4.77. The van der Waals surface area contributed by atoms with E-state index in [2.05, 4.69) is 56.9 Å². The second-order valence-electron chi connectivity index (χ2n) is 6.11. The average Bonchev–Trinajstić information content (AvgIpc) is 2.18. The number of nitrogens with zero attached hydrogens (tertiary/aromatic N) is 2. The molecule has 2 atom stereocenters. The standard InChI is InChI=1S/C13H29N3/c1-7-11(2)16-10-13(3,4)14-8-12(16)9-15(5)6/h11-12,14H,7-10H2,1-6H3. The minimum Gasteiger partial charge on any atom is -0.309 e. The van der Waals surface area contributed by atoms with E-state index in [0.29, 0.717) is 12.1 Å². The van der Waals surface area contributed by atoms with Crippen molar-refractivity contribution in [2.45, 2.75) is 51.7 Å². The van der Waals surface area contributed by atoms with Crippen molar-refractivity contribution in [3.8, 4) is 0 Å². The molecule has 2 unspecified atom stereocenters. The molecule has 0 amide bonds. The maximum absolute atomic E-state index is 3.65. The molecule has 1 aliphatic rings. The van der Waals surface area contributed by atoms with Crippen molar-refractivity contribution in [2.24, 2.45) is 0 Å². The number of hydrogen-bond donors (Lipinski definition) is 1. The first-order valence-electron chi connectivity index (χ1n) is 6.51. The first-order chi connectivity index (χ1) is 7.35. The van der Waals surface area contributed by atoms with Crippen LogP contribution in [0.5, 0.6) is 0 Å². The smallest absolute Gasteiger partial charge is 0.0351 e. The molecule has 0 aliphatic carbocycles. The predicted octanol–water partition coefficient (Wildman–Crippen LogP) is 1.40. The first kappa shape index (κ1) is 13.9. The Morgan fingerprint density at radius 1 is 1.44 bits per heavy atom. The van der Waals surface area contributed by atoms with Crippen LogP contribution in [0.25, 0.3) is 0 Å². The van der Waals surface area contributed by atoms with E-state index in [4.69, 9.17) is 0 Å². The van der Waals surface area contributed by atoms with Gasteiger partial charge in [-0.25, -0.2) is 0 Å². The maximum Gasteiger partial charge on any atom is 0.0351 e. The summed E-state index contributed by atoms with van der Waals surface area (Å²) in [5.74, 6) is 0. The van der Waals surface area contributed by atoms with Crippen LogP contribution in [-0.2, 0) is 0 Å². The topological polar surface area (TPSA) is 18.5 Å².